The summed E-state index contributed by atoms with van der Waals surface area (Å²) in [6.07, 6.45) is 3.12. The van der Waals surface area contributed by atoms with Gasteiger partial charge in [-0.15, -0.1) is 0 Å². The summed E-state index contributed by atoms with van der Waals surface area (Å²) in [4.78, 5) is 31.0. The van der Waals surface area contributed by atoms with Gasteiger partial charge in [0.05, 0.1) is 0 Å². The van der Waals surface area contributed by atoms with Crippen molar-refractivity contribution >= 4 is 11.8 Å². The number of piperazine rings is 1. The van der Waals surface area contributed by atoms with Crippen LogP contribution >= 0.6 is 0 Å². The number of likely N-dealkylation sites (tertiary alicyclic amines) is 1. The van der Waals surface area contributed by atoms with Crippen LogP contribution in [0.2, 0.25) is 0 Å². The normalized spacial score (nSPS) is 22.8. The van der Waals surface area contributed by atoms with Crippen molar-refractivity contribution in [2.24, 2.45) is 0 Å². The second-order valence-corrected chi connectivity index (χ2v) is 7.60. The molecule has 0 N–H and O–H groups in total. The second kappa shape index (κ2) is 7.76. The lowest BCUT2D eigenvalue weighted by Gasteiger charge is -2.37. The molecule has 0 aliphatic carbocycles. The lowest BCUT2D eigenvalue weighted by atomic mass is 10.0. The third-order valence-electron chi connectivity index (χ3n) is 5.75. The molecule has 27 heavy (non-hydrogen) atoms. The molecule has 2 amide bonds. The largest absolute Gasteiger partial charge is 0.454 e. The summed E-state index contributed by atoms with van der Waals surface area (Å²) in [5, 5.41) is 0. The van der Waals surface area contributed by atoms with E-state index in [0.717, 1.165) is 56.0 Å². The Hall–Kier alpha value is -2.28. The fourth-order valence-electron chi connectivity index (χ4n) is 4.06. The van der Waals surface area contributed by atoms with Crippen LogP contribution in [-0.2, 0) is 16.1 Å². The van der Waals surface area contributed by atoms with Crippen molar-refractivity contribution in [1.82, 2.24) is 14.7 Å². The van der Waals surface area contributed by atoms with E-state index < -0.39 is 0 Å². The van der Waals surface area contributed by atoms with Gasteiger partial charge in [0.2, 0.25) is 6.79 Å². The van der Waals surface area contributed by atoms with Crippen LogP contribution in [0.1, 0.15) is 31.7 Å². The molecule has 1 aromatic rings. The smallest absolute Gasteiger partial charge is 0.312 e. The summed E-state index contributed by atoms with van der Waals surface area (Å²) in [5.41, 5.74) is 1.16. The molecule has 7 nitrogen and oxygen atoms in total. The van der Waals surface area contributed by atoms with E-state index in [2.05, 4.69) is 4.90 Å². The molecule has 1 atom stereocenters. The summed E-state index contributed by atoms with van der Waals surface area (Å²) in [7, 11) is 0. The van der Waals surface area contributed by atoms with Crippen molar-refractivity contribution in [2.75, 3.05) is 39.5 Å². The van der Waals surface area contributed by atoms with Gasteiger partial charge >= 0.3 is 11.8 Å². The van der Waals surface area contributed by atoms with E-state index in [0.29, 0.717) is 19.6 Å². The summed E-state index contributed by atoms with van der Waals surface area (Å²) < 4.78 is 10.8. The molecule has 3 aliphatic rings. The first-order valence-corrected chi connectivity index (χ1v) is 9.82. The van der Waals surface area contributed by atoms with E-state index >= 15 is 0 Å². The van der Waals surface area contributed by atoms with E-state index in [9.17, 15) is 9.59 Å². The van der Waals surface area contributed by atoms with Crippen LogP contribution in [0.3, 0.4) is 0 Å². The van der Waals surface area contributed by atoms with Crippen molar-refractivity contribution in [3.8, 4) is 11.5 Å². The van der Waals surface area contributed by atoms with Gasteiger partial charge in [0.15, 0.2) is 11.5 Å². The first kappa shape index (κ1) is 18.1. The summed E-state index contributed by atoms with van der Waals surface area (Å²) in [6.45, 7) is 6.54. The van der Waals surface area contributed by atoms with E-state index in [4.69, 9.17) is 9.47 Å². The number of rotatable bonds is 2. The number of carbonyl (C=O) groups is 2. The van der Waals surface area contributed by atoms with Crippen molar-refractivity contribution in [3.05, 3.63) is 23.8 Å². The van der Waals surface area contributed by atoms with Crippen molar-refractivity contribution in [3.63, 3.8) is 0 Å². The number of hydrogen-bond acceptors (Lipinski definition) is 5. The minimum Gasteiger partial charge on any atom is -0.454 e. The van der Waals surface area contributed by atoms with Gasteiger partial charge < -0.3 is 19.3 Å². The first-order valence-electron chi connectivity index (χ1n) is 9.82. The maximum absolute atomic E-state index is 12.6. The molecule has 146 valence electrons. The number of benzene rings is 1. The van der Waals surface area contributed by atoms with E-state index in [1.807, 2.05) is 25.1 Å². The quantitative estimate of drug-likeness (QED) is 0.735. The zero-order valence-corrected chi connectivity index (χ0v) is 15.9. The fourth-order valence-corrected chi connectivity index (χ4v) is 4.06. The number of amides is 2. The average molecular weight is 373 g/mol. The van der Waals surface area contributed by atoms with Gasteiger partial charge in [0, 0.05) is 45.3 Å². The van der Waals surface area contributed by atoms with Gasteiger partial charge in [0.25, 0.3) is 0 Å². The van der Waals surface area contributed by atoms with Gasteiger partial charge in [-0.2, -0.15) is 0 Å². The lowest BCUT2D eigenvalue weighted by molar-refractivity contribution is -0.154. The molecule has 0 saturated carbocycles. The van der Waals surface area contributed by atoms with Crippen LogP contribution in [0.25, 0.3) is 0 Å². The molecule has 0 bridgehead atoms. The number of fused-ring (bicyclic) bond motifs is 1. The van der Waals surface area contributed by atoms with Crippen LogP contribution in [0.5, 0.6) is 11.5 Å². The zero-order chi connectivity index (χ0) is 18.8. The molecule has 1 aromatic carbocycles. The predicted molar refractivity (Wildman–Crippen MR) is 99.4 cm³/mol. The Morgan fingerprint density at radius 3 is 2.56 bits per heavy atom. The number of hydrogen-bond donors (Lipinski definition) is 0. The summed E-state index contributed by atoms with van der Waals surface area (Å²) in [5.74, 6) is 0.917. The summed E-state index contributed by atoms with van der Waals surface area (Å²) in [6, 6.07) is 6.17. The minimum absolute atomic E-state index is 0.169. The maximum Gasteiger partial charge on any atom is 0.312 e. The second-order valence-electron chi connectivity index (χ2n) is 7.60. The number of carbonyl (C=O) groups excluding carboxylic acids is 2. The molecular formula is C20H27N3O4. The number of ether oxygens (including phenoxy) is 2. The Morgan fingerprint density at radius 1 is 1.00 bits per heavy atom. The van der Waals surface area contributed by atoms with Crippen LogP contribution in [0, 0.1) is 0 Å². The molecule has 7 heteroatoms. The Labute approximate surface area is 159 Å². The SMILES string of the molecule is CC1CCCCN1C(=O)C(=O)N1CCN(Cc2ccc3c(c2)OCO3)CC1. The van der Waals surface area contributed by atoms with E-state index in [-0.39, 0.29) is 24.6 Å². The lowest BCUT2D eigenvalue weighted by Crippen LogP contribution is -2.55. The van der Waals surface area contributed by atoms with Crippen molar-refractivity contribution < 1.29 is 19.1 Å². The Kier molecular flexibility index (Phi) is 5.20. The molecule has 0 aromatic heterocycles. The fraction of sp³-hybridized carbons (Fsp3) is 0.600. The third-order valence-corrected chi connectivity index (χ3v) is 5.75. The first-order chi connectivity index (χ1) is 13.1. The molecule has 3 aliphatic heterocycles. The van der Waals surface area contributed by atoms with Crippen LogP contribution in [0.15, 0.2) is 18.2 Å². The molecule has 3 heterocycles. The Morgan fingerprint density at radius 2 is 1.78 bits per heavy atom. The van der Waals surface area contributed by atoms with Crippen LogP contribution in [-0.4, -0.2) is 72.1 Å². The standard InChI is InChI=1S/C20H27N3O4/c1-15-4-2-3-7-23(15)20(25)19(24)22-10-8-21(9-11-22)13-16-5-6-17-18(12-16)27-14-26-17/h5-6,12,15H,2-4,7-11,13-14H2,1H3. The molecule has 0 spiro atoms. The molecule has 2 saturated heterocycles. The van der Waals surface area contributed by atoms with Crippen molar-refractivity contribution in [2.45, 2.75) is 38.8 Å². The minimum atomic E-state index is -0.341. The predicted octanol–water partition coefficient (Wildman–Crippen LogP) is 1.46. The van der Waals surface area contributed by atoms with Gasteiger partial charge in [-0.05, 0) is 43.9 Å². The van der Waals surface area contributed by atoms with Gasteiger partial charge in [-0.25, -0.2) is 0 Å². The molecule has 0 radical (unpaired) electrons. The summed E-state index contributed by atoms with van der Waals surface area (Å²) >= 11 is 0. The van der Waals surface area contributed by atoms with Crippen LogP contribution in [0.4, 0.5) is 0 Å². The highest BCUT2D eigenvalue weighted by atomic mass is 16.7. The zero-order valence-electron chi connectivity index (χ0n) is 15.9. The van der Waals surface area contributed by atoms with Gasteiger partial charge in [-0.3, -0.25) is 14.5 Å². The maximum atomic E-state index is 12.6. The molecule has 4 rings (SSSR count). The number of piperidine rings is 1. The Bertz CT molecular complexity index is 715. The topological polar surface area (TPSA) is 62.3 Å². The third kappa shape index (κ3) is 3.88. The highest BCUT2D eigenvalue weighted by molar-refractivity contribution is 6.35. The Balaban J connectivity index is 1.29. The average Bonchev–Trinajstić information content (AvgIpc) is 3.16. The van der Waals surface area contributed by atoms with Gasteiger partial charge in [0.1, 0.15) is 0 Å². The monoisotopic (exact) mass is 373 g/mol. The van der Waals surface area contributed by atoms with Gasteiger partial charge in [-0.1, -0.05) is 6.07 Å². The van der Waals surface area contributed by atoms with E-state index in [1.165, 1.54) is 0 Å². The van der Waals surface area contributed by atoms with Crippen LogP contribution < -0.4 is 9.47 Å². The van der Waals surface area contributed by atoms with Crippen molar-refractivity contribution in [1.29, 1.82) is 0 Å². The molecule has 2 fully saturated rings. The highest BCUT2D eigenvalue weighted by Crippen LogP contribution is 2.32. The molecular weight excluding hydrogens is 346 g/mol. The molecule has 1 unspecified atom stereocenters. The number of nitrogens with zero attached hydrogens (tertiary/aromatic N) is 3. The highest BCUT2D eigenvalue weighted by Gasteiger charge is 2.32. The van der Waals surface area contributed by atoms with E-state index in [1.54, 1.807) is 9.80 Å².